The van der Waals surface area contributed by atoms with Crippen molar-refractivity contribution in [3.63, 3.8) is 0 Å². The Labute approximate surface area is 117 Å². The van der Waals surface area contributed by atoms with Crippen molar-refractivity contribution >= 4 is 17.3 Å². The highest BCUT2D eigenvalue weighted by atomic mass is 16.6. The Hall–Kier alpha value is -2.11. The Balaban J connectivity index is 2.24. The molecule has 1 heterocycles. The number of benzene rings is 1. The van der Waals surface area contributed by atoms with Crippen molar-refractivity contribution in [1.82, 2.24) is 4.90 Å². The molecule has 0 aromatic heterocycles. The van der Waals surface area contributed by atoms with E-state index >= 15 is 0 Å². The SMILES string of the molecule is CCNc1ccc([N+](=O)[O-])cc1CN1CCCCC1=O. The third-order valence-corrected chi connectivity index (χ3v) is 3.45. The van der Waals surface area contributed by atoms with Crippen LogP contribution in [0.4, 0.5) is 11.4 Å². The summed E-state index contributed by atoms with van der Waals surface area (Å²) in [6, 6.07) is 4.75. The number of likely N-dealkylation sites (tertiary alicyclic amines) is 1. The molecule has 0 spiro atoms. The number of carbonyl (C=O) groups excluding carboxylic acids is 1. The Kier molecular flexibility index (Phi) is 4.55. The number of non-ortho nitro benzene ring substituents is 1. The van der Waals surface area contributed by atoms with Gasteiger partial charge in [-0.25, -0.2) is 0 Å². The molecule has 1 fully saturated rings. The number of amides is 1. The molecule has 0 saturated carbocycles. The first kappa shape index (κ1) is 14.3. The van der Waals surface area contributed by atoms with E-state index in [1.54, 1.807) is 17.0 Å². The molecule has 1 saturated heterocycles. The summed E-state index contributed by atoms with van der Waals surface area (Å²) in [7, 11) is 0. The summed E-state index contributed by atoms with van der Waals surface area (Å²) in [6.07, 6.45) is 2.51. The Morgan fingerprint density at radius 1 is 1.40 bits per heavy atom. The quantitative estimate of drug-likeness (QED) is 0.663. The van der Waals surface area contributed by atoms with Gasteiger partial charge in [0.2, 0.25) is 5.91 Å². The molecule has 1 aliphatic rings. The van der Waals surface area contributed by atoms with Crippen LogP contribution in [0.1, 0.15) is 31.7 Å². The third kappa shape index (κ3) is 3.26. The molecular weight excluding hydrogens is 258 g/mol. The summed E-state index contributed by atoms with van der Waals surface area (Å²) in [5.74, 6) is 0.130. The van der Waals surface area contributed by atoms with E-state index in [1.807, 2.05) is 6.92 Å². The average Bonchev–Trinajstić information content (AvgIpc) is 2.43. The van der Waals surface area contributed by atoms with Crippen LogP contribution in [0.25, 0.3) is 0 Å². The maximum atomic E-state index is 11.9. The number of piperidine rings is 1. The van der Waals surface area contributed by atoms with Gasteiger partial charge in [-0.15, -0.1) is 0 Å². The van der Waals surface area contributed by atoms with Gasteiger partial charge in [-0.3, -0.25) is 14.9 Å². The van der Waals surface area contributed by atoms with Crippen LogP contribution in [-0.2, 0) is 11.3 Å². The predicted molar refractivity (Wildman–Crippen MR) is 76.5 cm³/mol. The molecule has 2 rings (SSSR count). The standard InChI is InChI=1S/C14H19N3O3/c1-2-15-13-7-6-12(17(19)20)9-11(13)10-16-8-4-3-5-14(16)18/h6-7,9,15H,2-5,8,10H2,1H3. The van der Waals surface area contributed by atoms with E-state index in [4.69, 9.17) is 0 Å². The lowest BCUT2D eigenvalue weighted by molar-refractivity contribution is -0.384. The molecule has 108 valence electrons. The molecule has 20 heavy (non-hydrogen) atoms. The summed E-state index contributed by atoms with van der Waals surface area (Å²) >= 11 is 0. The molecule has 0 radical (unpaired) electrons. The van der Waals surface area contributed by atoms with Crippen LogP contribution in [0.2, 0.25) is 0 Å². The molecule has 6 nitrogen and oxygen atoms in total. The van der Waals surface area contributed by atoms with Gasteiger partial charge < -0.3 is 10.2 Å². The molecule has 1 amide bonds. The largest absolute Gasteiger partial charge is 0.385 e. The van der Waals surface area contributed by atoms with Crippen molar-refractivity contribution < 1.29 is 9.72 Å². The highest BCUT2D eigenvalue weighted by molar-refractivity contribution is 5.77. The van der Waals surface area contributed by atoms with E-state index in [9.17, 15) is 14.9 Å². The average molecular weight is 277 g/mol. The monoisotopic (exact) mass is 277 g/mol. The zero-order chi connectivity index (χ0) is 14.5. The van der Waals surface area contributed by atoms with Crippen LogP contribution < -0.4 is 5.32 Å². The van der Waals surface area contributed by atoms with Crippen molar-refractivity contribution in [2.24, 2.45) is 0 Å². The second-order valence-corrected chi connectivity index (χ2v) is 4.90. The van der Waals surface area contributed by atoms with E-state index in [2.05, 4.69) is 5.32 Å². The number of anilines is 1. The molecule has 1 N–H and O–H groups in total. The van der Waals surface area contributed by atoms with Crippen molar-refractivity contribution in [2.45, 2.75) is 32.7 Å². The van der Waals surface area contributed by atoms with Gasteiger partial charge in [0.1, 0.15) is 0 Å². The van der Waals surface area contributed by atoms with Gasteiger partial charge in [0.25, 0.3) is 5.69 Å². The molecule has 0 bridgehead atoms. The van der Waals surface area contributed by atoms with Gasteiger partial charge in [-0.1, -0.05) is 0 Å². The lowest BCUT2D eigenvalue weighted by Crippen LogP contribution is -2.34. The van der Waals surface area contributed by atoms with Crippen LogP contribution in [0.15, 0.2) is 18.2 Å². The lowest BCUT2D eigenvalue weighted by Gasteiger charge is -2.27. The number of nitrogens with one attached hydrogen (secondary N) is 1. The highest BCUT2D eigenvalue weighted by Gasteiger charge is 2.20. The number of rotatable bonds is 5. The van der Waals surface area contributed by atoms with Crippen molar-refractivity contribution in [3.8, 4) is 0 Å². The Bertz CT molecular complexity index is 516. The topological polar surface area (TPSA) is 75.5 Å². The third-order valence-electron chi connectivity index (χ3n) is 3.45. The Morgan fingerprint density at radius 2 is 2.20 bits per heavy atom. The van der Waals surface area contributed by atoms with E-state index in [0.29, 0.717) is 13.0 Å². The van der Waals surface area contributed by atoms with Crippen molar-refractivity contribution in [3.05, 3.63) is 33.9 Å². The number of nitrogens with zero attached hydrogens (tertiary/aromatic N) is 2. The molecule has 0 unspecified atom stereocenters. The van der Waals surface area contributed by atoms with Gasteiger partial charge in [-0.05, 0) is 25.8 Å². The summed E-state index contributed by atoms with van der Waals surface area (Å²) in [4.78, 5) is 24.1. The summed E-state index contributed by atoms with van der Waals surface area (Å²) in [5.41, 5.74) is 1.72. The van der Waals surface area contributed by atoms with E-state index < -0.39 is 4.92 Å². The lowest BCUT2D eigenvalue weighted by atomic mass is 10.1. The molecule has 0 atom stereocenters. The second kappa shape index (κ2) is 6.36. The van der Waals surface area contributed by atoms with Crippen molar-refractivity contribution in [1.29, 1.82) is 0 Å². The number of nitro groups is 1. The van der Waals surface area contributed by atoms with Crippen molar-refractivity contribution in [2.75, 3.05) is 18.4 Å². The number of nitro benzene ring substituents is 1. The van der Waals surface area contributed by atoms with Gasteiger partial charge in [-0.2, -0.15) is 0 Å². The van der Waals surface area contributed by atoms with Gasteiger partial charge in [0.05, 0.1) is 4.92 Å². The zero-order valence-electron chi connectivity index (χ0n) is 11.6. The summed E-state index contributed by atoms with van der Waals surface area (Å²) in [6.45, 7) is 3.87. The van der Waals surface area contributed by atoms with Gasteiger partial charge >= 0.3 is 0 Å². The summed E-state index contributed by atoms with van der Waals surface area (Å²) < 4.78 is 0. The molecular formula is C14H19N3O3. The molecule has 1 aromatic rings. The van der Waals surface area contributed by atoms with Crippen LogP contribution in [0, 0.1) is 10.1 Å². The fourth-order valence-corrected chi connectivity index (χ4v) is 2.42. The molecule has 1 aliphatic heterocycles. The zero-order valence-corrected chi connectivity index (χ0v) is 11.6. The minimum atomic E-state index is -0.406. The minimum absolute atomic E-state index is 0.0612. The maximum absolute atomic E-state index is 11.9. The predicted octanol–water partition coefficient (Wildman–Crippen LogP) is 2.54. The minimum Gasteiger partial charge on any atom is -0.385 e. The molecule has 0 aliphatic carbocycles. The summed E-state index contributed by atoms with van der Waals surface area (Å²) in [5, 5.41) is 14.1. The first-order valence-corrected chi connectivity index (χ1v) is 6.90. The number of carbonyl (C=O) groups is 1. The normalized spacial score (nSPS) is 15.2. The molecule has 6 heteroatoms. The number of hydrogen-bond acceptors (Lipinski definition) is 4. The molecule has 1 aromatic carbocycles. The first-order valence-electron chi connectivity index (χ1n) is 6.90. The highest BCUT2D eigenvalue weighted by Crippen LogP contribution is 2.25. The fourth-order valence-electron chi connectivity index (χ4n) is 2.42. The first-order chi connectivity index (χ1) is 9.61. The van der Waals surface area contributed by atoms with Gasteiger partial charge in [0.15, 0.2) is 0 Å². The van der Waals surface area contributed by atoms with Crippen LogP contribution in [0.5, 0.6) is 0 Å². The number of hydrogen-bond donors (Lipinski definition) is 1. The van der Waals surface area contributed by atoms with Crippen LogP contribution in [0.3, 0.4) is 0 Å². The van der Waals surface area contributed by atoms with E-state index in [-0.39, 0.29) is 11.6 Å². The van der Waals surface area contributed by atoms with E-state index in [1.165, 1.54) is 6.07 Å². The van der Waals surface area contributed by atoms with Crippen LogP contribution in [-0.4, -0.2) is 28.8 Å². The Morgan fingerprint density at radius 3 is 2.85 bits per heavy atom. The van der Waals surface area contributed by atoms with E-state index in [0.717, 1.165) is 37.2 Å². The van der Waals surface area contributed by atoms with Gasteiger partial charge in [0, 0.05) is 49.4 Å². The maximum Gasteiger partial charge on any atom is 0.269 e. The smallest absolute Gasteiger partial charge is 0.269 e. The fraction of sp³-hybridized carbons (Fsp3) is 0.500. The second-order valence-electron chi connectivity index (χ2n) is 4.90. The van der Waals surface area contributed by atoms with Crippen LogP contribution >= 0.6 is 0 Å².